The van der Waals surface area contributed by atoms with Gasteiger partial charge in [-0.3, -0.25) is 4.79 Å². The number of nitrogens with one attached hydrogen (secondary N) is 1. The van der Waals surface area contributed by atoms with Crippen molar-refractivity contribution in [3.05, 3.63) is 46.3 Å². The fourth-order valence-corrected chi connectivity index (χ4v) is 2.67. The molecule has 23 heavy (non-hydrogen) atoms. The number of para-hydroxylation sites is 1. The lowest BCUT2D eigenvalue weighted by molar-refractivity contribution is 0.0298. The molecule has 3 rings (SSSR count). The van der Waals surface area contributed by atoms with Crippen molar-refractivity contribution in [2.75, 3.05) is 31.6 Å². The van der Waals surface area contributed by atoms with Crippen LogP contribution in [0.5, 0.6) is 0 Å². The molecule has 2 heterocycles. The lowest BCUT2D eigenvalue weighted by atomic mass is 10.3. The zero-order valence-corrected chi connectivity index (χ0v) is 13.6. The van der Waals surface area contributed by atoms with Gasteiger partial charge in [-0.25, -0.2) is 9.97 Å². The minimum absolute atomic E-state index is 0.150. The maximum atomic E-state index is 12.3. The van der Waals surface area contributed by atoms with Crippen LogP contribution in [0.2, 0.25) is 10.0 Å². The van der Waals surface area contributed by atoms with E-state index in [-0.39, 0.29) is 5.91 Å². The summed E-state index contributed by atoms with van der Waals surface area (Å²) < 4.78 is 5.23. The van der Waals surface area contributed by atoms with E-state index in [0.717, 1.165) is 0 Å². The van der Waals surface area contributed by atoms with Gasteiger partial charge in [0, 0.05) is 13.1 Å². The van der Waals surface area contributed by atoms with Crippen molar-refractivity contribution in [3.8, 4) is 0 Å². The number of morpholine rings is 1. The van der Waals surface area contributed by atoms with Gasteiger partial charge in [0.05, 0.1) is 41.3 Å². The molecule has 1 N–H and O–H groups in total. The van der Waals surface area contributed by atoms with Crippen molar-refractivity contribution in [3.63, 3.8) is 0 Å². The average molecular weight is 353 g/mol. The van der Waals surface area contributed by atoms with Crippen LogP contribution in [-0.4, -0.2) is 47.1 Å². The van der Waals surface area contributed by atoms with Gasteiger partial charge in [-0.2, -0.15) is 0 Å². The maximum Gasteiger partial charge on any atom is 0.274 e. The first-order chi connectivity index (χ1) is 11.1. The summed E-state index contributed by atoms with van der Waals surface area (Å²) in [6.45, 7) is 2.22. The number of hydrogen-bond acceptors (Lipinski definition) is 5. The molecule has 1 aromatic heterocycles. The van der Waals surface area contributed by atoms with Gasteiger partial charge in [0.15, 0.2) is 0 Å². The summed E-state index contributed by atoms with van der Waals surface area (Å²) >= 11 is 12.2. The number of carbonyl (C=O) groups is 1. The second-order valence-electron chi connectivity index (χ2n) is 4.91. The number of ether oxygens (including phenoxy) is 1. The molecule has 1 amide bonds. The number of anilines is 2. The molecule has 8 heteroatoms. The smallest absolute Gasteiger partial charge is 0.274 e. The summed E-state index contributed by atoms with van der Waals surface area (Å²) in [4.78, 5) is 22.4. The van der Waals surface area contributed by atoms with E-state index in [0.29, 0.717) is 53.5 Å². The molecule has 0 unspecified atom stereocenters. The minimum atomic E-state index is -0.150. The van der Waals surface area contributed by atoms with Gasteiger partial charge >= 0.3 is 0 Å². The Hall–Kier alpha value is -1.89. The van der Waals surface area contributed by atoms with Crippen molar-refractivity contribution in [1.82, 2.24) is 14.9 Å². The van der Waals surface area contributed by atoms with Crippen molar-refractivity contribution >= 4 is 40.6 Å². The summed E-state index contributed by atoms with van der Waals surface area (Å²) in [6, 6.07) is 5.20. The Bertz CT molecular complexity index is 683. The Labute approximate surface area is 143 Å². The quantitative estimate of drug-likeness (QED) is 0.919. The van der Waals surface area contributed by atoms with Crippen molar-refractivity contribution < 1.29 is 9.53 Å². The van der Waals surface area contributed by atoms with Crippen molar-refractivity contribution in [2.45, 2.75) is 0 Å². The Morgan fingerprint density at radius 2 is 1.83 bits per heavy atom. The molecule has 0 atom stereocenters. The molecule has 6 nitrogen and oxygen atoms in total. The highest BCUT2D eigenvalue weighted by atomic mass is 35.5. The van der Waals surface area contributed by atoms with E-state index in [1.165, 1.54) is 12.4 Å². The molecule has 1 saturated heterocycles. The lowest BCUT2D eigenvalue weighted by Gasteiger charge is -2.26. The number of amides is 1. The first-order valence-electron chi connectivity index (χ1n) is 7.05. The second kappa shape index (κ2) is 7.12. The van der Waals surface area contributed by atoms with Gasteiger partial charge in [-0.05, 0) is 12.1 Å². The van der Waals surface area contributed by atoms with E-state index in [1.54, 1.807) is 23.1 Å². The van der Waals surface area contributed by atoms with Gasteiger partial charge in [0.25, 0.3) is 5.91 Å². The molecule has 1 aromatic carbocycles. The Morgan fingerprint density at radius 3 is 2.43 bits per heavy atom. The van der Waals surface area contributed by atoms with Crippen LogP contribution in [0.3, 0.4) is 0 Å². The molecule has 0 radical (unpaired) electrons. The molecular formula is C15H14Cl2N4O2. The van der Waals surface area contributed by atoms with Gasteiger partial charge in [0.2, 0.25) is 0 Å². The Morgan fingerprint density at radius 1 is 1.13 bits per heavy atom. The number of aromatic nitrogens is 2. The van der Waals surface area contributed by atoms with E-state index >= 15 is 0 Å². The fraction of sp³-hybridized carbons (Fsp3) is 0.267. The normalized spacial score (nSPS) is 14.6. The highest BCUT2D eigenvalue weighted by Gasteiger charge is 2.20. The zero-order valence-electron chi connectivity index (χ0n) is 12.1. The van der Waals surface area contributed by atoms with Crippen LogP contribution in [0.1, 0.15) is 10.5 Å². The number of benzene rings is 1. The first-order valence-corrected chi connectivity index (χ1v) is 7.81. The van der Waals surface area contributed by atoms with Gasteiger partial charge in [-0.15, -0.1) is 0 Å². The summed E-state index contributed by atoms with van der Waals surface area (Å²) in [5.74, 6) is 0.307. The molecule has 0 aliphatic carbocycles. The second-order valence-corrected chi connectivity index (χ2v) is 5.73. The fourth-order valence-electron chi connectivity index (χ4n) is 2.18. The van der Waals surface area contributed by atoms with Crippen LogP contribution in [0.25, 0.3) is 0 Å². The Kier molecular flexibility index (Phi) is 4.95. The molecule has 1 aliphatic rings. The third kappa shape index (κ3) is 3.72. The number of hydrogen-bond donors (Lipinski definition) is 1. The summed E-state index contributed by atoms with van der Waals surface area (Å²) in [6.07, 6.45) is 2.91. The van der Waals surface area contributed by atoms with Gasteiger partial charge < -0.3 is 15.0 Å². The summed E-state index contributed by atoms with van der Waals surface area (Å²) in [7, 11) is 0. The SMILES string of the molecule is O=C(c1cnc(Nc2c(Cl)cccc2Cl)cn1)N1CCOCC1. The third-order valence-corrected chi connectivity index (χ3v) is 4.02. The standard InChI is InChI=1S/C15H14Cl2N4O2/c16-10-2-1-3-11(17)14(10)20-13-9-18-12(8-19-13)15(22)21-4-6-23-7-5-21/h1-3,8-9H,4-7H2,(H,19,20). The van der Waals surface area contributed by atoms with E-state index < -0.39 is 0 Å². The predicted molar refractivity (Wildman–Crippen MR) is 88.5 cm³/mol. The zero-order chi connectivity index (χ0) is 16.2. The molecule has 0 spiro atoms. The highest BCUT2D eigenvalue weighted by molar-refractivity contribution is 6.39. The molecular weight excluding hydrogens is 339 g/mol. The van der Waals surface area contributed by atoms with Gasteiger partial charge in [0.1, 0.15) is 11.5 Å². The molecule has 0 saturated carbocycles. The molecule has 1 aliphatic heterocycles. The first kappa shape index (κ1) is 16.0. The average Bonchev–Trinajstić information content (AvgIpc) is 2.59. The number of carbonyl (C=O) groups excluding carboxylic acids is 1. The van der Waals surface area contributed by atoms with Crippen LogP contribution in [0.4, 0.5) is 11.5 Å². The van der Waals surface area contributed by atoms with Crippen LogP contribution < -0.4 is 5.32 Å². The van der Waals surface area contributed by atoms with Crippen molar-refractivity contribution in [2.24, 2.45) is 0 Å². The largest absolute Gasteiger partial charge is 0.378 e. The topological polar surface area (TPSA) is 67.4 Å². The third-order valence-electron chi connectivity index (χ3n) is 3.39. The summed E-state index contributed by atoms with van der Waals surface area (Å²) in [5, 5.41) is 3.96. The van der Waals surface area contributed by atoms with E-state index in [2.05, 4.69) is 15.3 Å². The monoisotopic (exact) mass is 352 g/mol. The molecule has 1 fully saturated rings. The van der Waals surface area contributed by atoms with Crippen LogP contribution in [0.15, 0.2) is 30.6 Å². The highest BCUT2D eigenvalue weighted by Crippen LogP contribution is 2.31. The van der Waals surface area contributed by atoms with E-state index in [1.807, 2.05) is 0 Å². The lowest BCUT2D eigenvalue weighted by Crippen LogP contribution is -2.41. The van der Waals surface area contributed by atoms with E-state index in [9.17, 15) is 4.79 Å². The molecule has 0 bridgehead atoms. The number of nitrogens with zero attached hydrogens (tertiary/aromatic N) is 3. The predicted octanol–water partition coefficient (Wildman–Crippen LogP) is 3.00. The molecule has 2 aromatic rings. The van der Waals surface area contributed by atoms with Crippen LogP contribution >= 0.6 is 23.2 Å². The van der Waals surface area contributed by atoms with Crippen molar-refractivity contribution in [1.29, 1.82) is 0 Å². The molecule has 120 valence electrons. The van der Waals surface area contributed by atoms with Gasteiger partial charge in [-0.1, -0.05) is 29.3 Å². The minimum Gasteiger partial charge on any atom is -0.378 e. The van der Waals surface area contributed by atoms with Crippen LogP contribution in [-0.2, 0) is 4.74 Å². The maximum absolute atomic E-state index is 12.3. The number of rotatable bonds is 3. The van der Waals surface area contributed by atoms with Crippen LogP contribution in [0, 0.1) is 0 Å². The van der Waals surface area contributed by atoms with E-state index in [4.69, 9.17) is 27.9 Å². The Balaban J connectivity index is 1.73. The number of halogens is 2. The summed E-state index contributed by atoms with van der Waals surface area (Å²) in [5.41, 5.74) is 0.847.